The summed E-state index contributed by atoms with van der Waals surface area (Å²) in [6.45, 7) is 16.7. The molecule has 7 heteroatoms. The van der Waals surface area contributed by atoms with Crippen molar-refractivity contribution in [3.05, 3.63) is 0 Å². The van der Waals surface area contributed by atoms with Gasteiger partial charge in [-0.1, -0.05) is 20.8 Å². The van der Waals surface area contributed by atoms with Crippen LogP contribution in [-0.4, -0.2) is 38.2 Å². The summed E-state index contributed by atoms with van der Waals surface area (Å²) in [6.07, 6.45) is 2.11. The van der Waals surface area contributed by atoms with Crippen LogP contribution in [0.2, 0.25) is 18.1 Å². The Balaban J connectivity index is 0.00000529. The zero-order valence-corrected chi connectivity index (χ0v) is 18.4. The molecule has 3 atom stereocenters. The second kappa shape index (κ2) is 8.38. The molecule has 1 fully saturated rings. The lowest BCUT2D eigenvalue weighted by atomic mass is 9.89. The Morgan fingerprint density at radius 2 is 1.67 bits per heavy atom. The first-order valence-corrected chi connectivity index (χ1v) is 11.5. The molecule has 1 aliphatic rings. The first kappa shape index (κ1) is 23.7. The molecule has 5 nitrogen and oxygen atoms in total. The summed E-state index contributed by atoms with van der Waals surface area (Å²) in [6, 6.07) is 0.111. The van der Waals surface area contributed by atoms with Crippen LogP contribution >= 0.6 is 12.4 Å². The van der Waals surface area contributed by atoms with Crippen LogP contribution in [0.15, 0.2) is 0 Å². The van der Waals surface area contributed by atoms with E-state index in [1.807, 2.05) is 20.8 Å². The number of hydrogen-bond donors (Lipinski definition) is 2. The zero-order valence-electron chi connectivity index (χ0n) is 16.6. The molecule has 0 heterocycles. The number of halogens is 1. The molecule has 24 heavy (non-hydrogen) atoms. The van der Waals surface area contributed by atoms with Gasteiger partial charge >= 0.3 is 6.09 Å². The van der Waals surface area contributed by atoms with Crippen molar-refractivity contribution in [2.45, 2.75) is 103 Å². The number of carbonyl (C=O) groups is 1. The standard InChI is InChI=1S/C17H36N2O3Si.ClH/c1-16(2,3)21-15(20)19-13-10-9-12(18)11-14(13)22-23(7,8)17(4,5)6;/h12-14H,9-11,18H2,1-8H3,(H,19,20);1H/t12-,13-,14?;/m0./s1. The molecule has 1 unspecified atom stereocenters. The van der Waals surface area contributed by atoms with E-state index < -0.39 is 13.9 Å². The predicted octanol–water partition coefficient (Wildman–Crippen LogP) is 4.20. The largest absolute Gasteiger partial charge is 0.444 e. The predicted molar refractivity (Wildman–Crippen MR) is 104 cm³/mol. The van der Waals surface area contributed by atoms with Crippen molar-refractivity contribution in [3.63, 3.8) is 0 Å². The highest BCUT2D eigenvalue weighted by Crippen LogP contribution is 2.39. The molecule has 0 aromatic heterocycles. The van der Waals surface area contributed by atoms with Gasteiger partial charge in [0.1, 0.15) is 5.60 Å². The van der Waals surface area contributed by atoms with Gasteiger partial charge in [0.25, 0.3) is 0 Å². The van der Waals surface area contributed by atoms with E-state index >= 15 is 0 Å². The summed E-state index contributed by atoms with van der Waals surface area (Å²) in [5, 5.41) is 3.13. The van der Waals surface area contributed by atoms with Crippen LogP contribution < -0.4 is 11.1 Å². The van der Waals surface area contributed by atoms with Crippen LogP contribution in [-0.2, 0) is 9.16 Å². The van der Waals surface area contributed by atoms with E-state index in [1.54, 1.807) is 0 Å². The number of ether oxygens (including phenoxy) is 1. The van der Waals surface area contributed by atoms with Gasteiger partial charge < -0.3 is 20.2 Å². The maximum Gasteiger partial charge on any atom is 0.407 e. The van der Waals surface area contributed by atoms with Crippen molar-refractivity contribution in [2.24, 2.45) is 5.73 Å². The Kier molecular flexibility index (Phi) is 8.28. The monoisotopic (exact) mass is 380 g/mol. The van der Waals surface area contributed by atoms with E-state index in [1.165, 1.54) is 0 Å². The van der Waals surface area contributed by atoms with Gasteiger partial charge in [-0.15, -0.1) is 12.4 Å². The number of hydrogen-bond acceptors (Lipinski definition) is 4. The van der Waals surface area contributed by atoms with Gasteiger partial charge in [-0.05, 0) is 58.2 Å². The van der Waals surface area contributed by atoms with E-state index in [0.717, 1.165) is 19.3 Å². The molecule has 1 rings (SSSR count). The van der Waals surface area contributed by atoms with E-state index in [0.29, 0.717) is 0 Å². The van der Waals surface area contributed by atoms with Crippen LogP contribution in [0, 0.1) is 0 Å². The van der Waals surface area contributed by atoms with Crippen molar-refractivity contribution >= 4 is 26.8 Å². The SMILES string of the molecule is CC(C)(C)OC(=O)N[C@H]1CC[C@H](N)CC1O[Si](C)(C)C(C)(C)C.Cl. The molecular weight excluding hydrogens is 344 g/mol. The van der Waals surface area contributed by atoms with Crippen molar-refractivity contribution in [3.8, 4) is 0 Å². The molecule has 0 radical (unpaired) electrons. The second-order valence-corrected chi connectivity index (χ2v) is 14.0. The van der Waals surface area contributed by atoms with Gasteiger partial charge in [0.05, 0.1) is 12.1 Å². The number of nitrogens with two attached hydrogens (primary N) is 1. The number of rotatable bonds is 3. The summed E-state index contributed by atoms with van der Waals surface area (Å²) in [5.41, 5.74) is 5.64. The second-order valence-electron chi connectivity index (χ2n) is 9.24. The first-order chi connectivity index (χ1) is 10.2. The molecule has 144 valence electrons. The average molecular weight is 381 g/mol. The normalized spacial score (nSPS) is 25.6. The minimum absolute atomic E-state index is 0. The minimum Gasteiger partial charge on any atom is -0.444 e. The third-order valence-electron chi connectivity index (χ3n) is 4.79. The topological polar surface area (TPSA) is 73.6 Å². The van der Waals surface area contributed by atoms with Gasteiger partial charge in [-0.3, -0.25) is 0 Å². The minimum atomic E-state index is -1.91. The third kappa shape index (κ3) is 7.29. The molecule has 1 saturated carbocycles. The molecule has 0 bridgehead atoms. The lowest BCUT2D eigenvalue weighted by Gasteiger charge is -2.44. The Morgan fingerprint density at radius 3 is 2.12 bits per heavy atom. The highest BCUT2D eigenvalue weighted by Gasteiger charge is 2.42. The lowest BCUT2D eigenvalue weighted by Crippen LogP contribution is -2.56. The van der Waals surface area contributed by atoms with Crippen molar-refractivity contribution < 1.29 is 14.0 Å². The Hall–Kier alpha value is -0.303. The average Bonchev–Trinajstić information content (AvgIpc) is 2.28. The number of carbonyl (C=O) groups excluding carboxylic acids is 1. The van der Waals surface area contributed by atoms with E-state index in [2.05, 4.69) is 39.2 Å². The van der Waals surface area contributed by atoms with E-state index in [9.17, 15) is 4.79 Å². The van der Waals surface area contributed by atoms with E-state index in [-0.39, 0.29) is 41.7 Å². The molecule has 3 N–H and O–H groups in total. The molecule has 1 aliphatic carbocycles. The summed E-state index contributed by atoms with van der Waals surface area (Å²) in [7, 11) is -1.91. The lowest BCUT2D eigenvalue weighted by molar-refractivity contribution is 0.0367. The molecule has 0 aromatic rings. The summed E-state index contributed by atoms with van der Waals surface area (Å²) in [5.74, 6) is 0. The van der Waals surface area contributed by atoms with Crippen LogP contribution in [0.4, 0.5) is 4.79 Å². The third-order valence-corrected chi connectivity index (χ3v) is 9.29. The van der Waals surface area contributed by atoms with Crippen LogP contribution in [0.25, 0.3) is 0 Å². The van der Waals surface area contributed by atoms with Gasteiger partial charge in [-0.25, -0.2) is 4.79 Å². The molecular formula is C17H37ClN2O3Si. The highest BCUT2D eigenvalue weighted by molar-refractivity contribution is 6.74. The van der Waals surface area contributed by atoms with Gasteiger partial charge in [0.15, 0.2) is 8.32 Å². The van der Waals surface area contributed by atoms with Crippen molar-refractivity contribution in [1.82, 2.24) is 5.32 Å². The van der Waals surface area contributed by atoms with Crippen molar-refractivity contribution in [2.75, 3.05) is 0 Å². The quantitative estimate of drug-likeness (QED) is 0.719. The zero-order chi connectivity index (χ0) is 18.1. The van der Waals surface area contributed by atoms with Crippen LogP contribution in [0.1, 0.15) is 60.8 Å². The maximum absolute atomic E-state index is 12.1. The summed E-state index contributed by atoms with van der Waals surface area (Å²) >= 11 is 0. The molecule has 0 aliphatic heterocycles. The molecule has 0 aromatic carbocycles. The number of amides is 1. The Labute approximate surface area is 155 Å². The van der Waals surface area contributed by atoms with Gasteiger partial charge in [0, 0.05) is 6.04 Å². The smallest absolute Gasteiger partial charge is 0.407 e. The fourth-order valence-electron chi connectivity index (χ4n) is 2.47. The maximum atomic E-state index is 12.1. The fraction of sp³-hybridized carbons (Fsp3) is 0.941. The first-order valence-electron chi connectivity index (χ1n) is 8.64. The Bertz CT molecular complexity index is 419. The Morgan fingerprint density at radius 1 is 1.12 bits per heavy atom. The summed E-state index contributed by atoms with van der Waals surface area (Å²) in [4.78, 5) is 12.1. The number of alkyl carbamates (subject to hydrolysis) is 1. The molecule has 0 spiro atoms. The van der Waals surface area contributed by atoms with Crippen LogP contribution in [0.5, 0.6) is 0 Å². The van der Waals surface area contributed by atoms with E-state index in [4.69, 9.17) is 14.9 Å². The highest BCUT2D eigenvalue weighted by atomic mass is 35.5. The van der Waals surface area contributed by atoms with Gasteiger partial charge in [-0.2, -0.15) is 0 Å². The molecule has 1 amide bonds. The molecule has 0 saturated heterocycles. The van der Waals surface area contributed by atoms with Crippen LogP contribution in [0.3, 0.4) is 0 Å². The number of nitrogens with one attached hydrogen (secondary N) is 1. The summed E-state index contributed by atoms with van der Waals surface area (Å²) < 4.78 is 11.9. The van der Waals surface area contributed by atoms with Gasteiger partial charge in [0.2, 0.25) is 0 Å². The fourth-order valence-corrected chi connectivity index (χ4v) is 3.84. The van der Waals surface area contributed by atoms with Crippen molar-refractivity contribution in [1.29, 1.82) is 0 Å².